The summed E-state index contributed by atoms with van der Waals surface area (Å²) < 4.78 is 37.9. The Morgan fingerprint density at radius 1 is 1.08 bits per heavy atom. The van der Waals surface area contributed by atoms with E-state index in [9.17, 15) is 18.4 Å². The molecule has 0 spiro atoms. The van der Waals surface area contributed by atoms with Gasteiger partial charge in [0.15, 0.2) is 0 Å². The van der Waals surface area contributed by atoms with Gasteiger partial charge in [-0.25, -0.2) is 0 Å². The molecule has 5 rings (SSSR count). The number of alkyl halides is 2. The highest BCUT2D eigenvalue weighted by atomic mass is 19.3. The van der Waals surface area contributed by atoms with Crippen LogP contribution in [-0.2, 0) is 11.3 Å². The molecular formula is C28H32F2N4O4. The van der Waals surface area contributed by atoms with Gasteiger partial charge < -0.3 is 19.7 Å². The first-order chi connectivity index (χ1) is 18.4. The van der Waals surface area contributed by atoms with E-state index in [4.69, 9.17) is 9.47 Å². The van der Waals surface area contributed by atoms with Crippen molar-refractivity contribution >= 4 is 22.7 Å². The Bertz CT molecular complexity index is 1280. The lowest BCUT2D eigenvalue weighted by atomic mass is 9.96. The number of fused-ring (bicyclic) bond motifs is 1. The van der Waals surface area contributed by atoms with E-state index in [2.05, 4.69) is 22.5 Å². The van der Waals surface area contributed by atoms with Crippen LogP contribution in [0.5, 0.6) is 5.75 Å². The third-order valence-corrected chi connectivity index (χ3v) is 7.28. The number of likely N-dealkylation sites (tertiary alicyclic amines) is 1. The maximum atomic E-state index is 13.2. The highest BCUT2D eigenvalue weighted by Crippen LogP contribution is 2.40. The highest BCUT2D eigenvalue weighted by molar-refractivity contribution is 6.03. The molecule has 1 aliphatic carbocycles. The number of amides is 2. The van der Waals surface area contributed by atoms with E-state index >= 15 is 0 Å². The second-order valence-electron chi connectivity index (χ2n) is 9.99. The first-order valence-corrected chi connectivity index (χ1v) is 13.0. The van der Waals surface area contributed by atoms with Crippen LogP contribution in [0.2, 0.25) is 0 Å². The number of nitrogens with zero attached hydrogens (tertiary/aromatic N) is 3. The minimum absolute atomic E-state index is 0.0189. The first kappa shape index (κ1) is 26.1. The van der Waals surface area contributed by atoms with Crippen molar-refractivity contribution in [1.82, 2.24) is 20.0 Å². The fourth-order valence-electron chi connectivity index (χ4n) is 5.05. The number of hydrogen-bond donors (Lipinski definition) is 1. The van der Waals surface area contributed by atoms with Crippen LogP contribution < -0.4 is 10.1 Å². The van der Waals surface area contributed by atoms with Crippen LogP contribution >= 0.6 is 0 Å². The Balaban J connectivity index is 1.23. The van der Waals surface area contributed by atoms with E-state index in [1.54, 1.807) is 16.9 Å². The van der Waals surface area contributed by atoms with Crippen molar-refractivity contribution in [1.29, 1.82) is 0 Å². The third-order valence-electron chi connectivity index (χ3n) is 7.28. The van der Waals surface area contributed by atoms with Crippen LogP contribution in [0, 0.1) is 5.92 Å². The minimum atomic E-state index is -3.08. The van der Waals surface area contributed by atoms with Gasteiger partial charge >= 0.3 is 6.61 Å². The van der Waals surface area contributed by atoms with Crippen LogP contribution in [0.15, 0.2) is 42.6 Å². The molecule has 2 aliphatic rings. The van der Waals surface area contributed by atoms with Gasteiger partial charge in [0.2, 0.25) is 0 Å². The van der Waals surface area contributed by atoms with E-state index < -0.39 is 12.5 Å². The molecular weight excluding hydrogens is 494 g/mol. The normalized spacial score (nSPS) is 16.3. The van der Waals surface area contributed by atoms with Crippen molar-refractivity contribution in [2.75, 3.05) is 33.4 Å². The number of carbonyl (C=O) groups is 2. The highest BCUT2D eigenvalue weighted by Gasteiger charge is 2.27. The van der Waals surface area contributed by atoms with Gasteiger partial charge in [-0.3, -0.25) is 14.3 Å². The van der Waals surface area contributed by atoms with Crippen molar-refractivity contribution in [2.24, 2.45) is 5.92 Å². The summed E-state index contributed by atoms with van der Waals surface area (Å²) in [5.74, 6) is 0.289. The summed E-state index contributed by atoms with van der Waals surface area (Å²) in [6, 6.07) is 11.1. The molecule has 2 heterocycles. The minimum Gasteiger partial charge on any atom is -0.433 e. The van der Waals surface area contributed by atoms with Crippen LogP contribution in [0.3, 0.4) is 0 Å². The van der Waals surface area contributed by atoms with Gasteiger partial charge in [-0.2, -0.15) is 13.9 Å². The van der Waals surface area contributed by atoms with Crippen LogP contribution in [0.4, 0.5) is 8.78 Å². The Morgan fingerprint density at radius 3 is 2.47 bits per heavy atom. The van der Waals surface area contributed by atoms with Crippen molar-refractivity contribution in [3.8, 4) is 5.75 Å². The number of benzene rings is 2. The number of aromatic nitrogens is 2. The van der Waals surface area contributed by atoms with E-state index in [-0.39, 0.29) is 29.7 Å². The Hall–Kier alpha value is -3.53. The number of methoxy groups -OCH3 is 1. The number of halogens is 2. The molecule has 1 aliphatic heterocycles. The van der Waals surface area contributed by atoms with E-state index in [0.29, 0.717) is 43.1 Å². The standard InChI is InChI=1S/C28H32F2N4O4/c1-37-15-12-31-26(35)22-8-9-24-23(25(22)38-28(29)30)17-34(32-24)16-18-10-13-33(14-11-18)27(36)21-6-4-20(5-7-21)19-2-3-19/h4-9,17-19,28H,2-3,10-16H2,1H3,(H,31,35). The molecule has 1 saturated carbocycles. The SMILES string of the molecule is COCCNC(=O)c1ccc2nn(CC3CCN(C(=O)c4ccc(C5CC5)cc4)CC3)cc2c1OC(F)F. The topological polar surface area (TPSA) is 85.7 Å². The smallest absolute Gasteiger partial charge is 0.387 e. The largest absolute Gasteiger partial charge is 0.433 e. The molecule has 10 heteroatoms. The summed E-state index contributed by atoms with van der Waals surface area (Å²) in [5, 5.41) is 7.53. The molecule has 1 aromatic heterocycles. The molecule has 0 atom stereocenters. The van der Waals surface area contributed by atoms with Crippen molar-refractivity contribution in [2.45, 2.75) is 44.8 Å². The molecule has 0 bridgehead atoms. The number of hydrogen-bond acceptors (Lipinski definition) is 5. The van der Waals surface area contributed by atoms with Crippen LogP contribution in [-0.4, -0.2) is 66.5 Å². The first-order valence-electron chi connectivity index (χ1n) is 13.0. The molecule has 1 saturated heterocycles. The van der Waals surface area contributed by atoms with Crippen LogP contribution in [0.1, 0.15) is 57.9 Å². The number of nitrogens with one attached hydrogen (secondary N) is 1. The maximum Gasteiger partial charge on any atom is 0.387 e. The summed E-state index contributed by atoms with van der Waals surface area (Å²) in [6.45, 7) is -0.653. The summed E-state index contributed by atoms with van der Waals surface area (Å²) >= 11 is 0. The molecule has 2 fully saturated rings. The van der Waals surface area contributed by atoms with Gasteiger partial charge in [-0.1, -0.05) is 12.1 Å². The maximum absolute atomic E-state index is 13.2. The average Bonchev–Trinajstić information content (AvgIpc) is 3.68. The summed E-state index contributed by atoms with van der Waals surface area (Å²) in [6.07, 6.45) is 5.75. The predicted octanol–water partition coefficient (Wildman–Crippen LogP) is 4.44. The molecule has 2 aromatic carbocycles. The zero-order valence-corrected chi connectivity index (χ0v) is 21.4. The quantitative estimate of drug-likeness (QED) is 0.395. The fraction of sp³-hybridized carbons (Fsp3) is 0.464. The summed E-state index contributed by atoms with van der Waals surface area (Å²) in [4.78, 5) is 27.4. The average molecular weight is 527 g/mol. The third kappa shape index (κ3) is 5.96. The molecule has 8 nitrogen and oxygen atoms in total. The second-order valence-corrected chi connectivity index (χ2v) is 9.99. The van der Waals surface area contributed by atoms with Gasteiger partial charge in [0.05, 0.1) is 23.1 Å². The molecule has 0 unspecified atom stereocenters. The second kappa shape index (κ2) is 11.5. The molecule has 1 N–H and O–H groups in total. The lowest BCUT2D eigenvalue weighted by molar-refractivity contribution is -0.0491. The molecule has 0 radical (unpaired) electrons. The summed E-state index contributed by atoms with van der Waals surface area (Å²) in [5.41, 5.74) is 2.52. The van der Waals surface area contributed by atoms with Gasteiger partial charge in [-0.15, -0.1) is 0 Å². The number of ether oxygens (including phenoxy) is 2. The van der Waals surface area contributed by atoms with Gasteiger partial charge in [-0.05, 0) is 67.3 Å². The van der Waals surface area contributed by atoms with Crippen molar-refractivity contribution in [3.05, 3.63) is 59.3 Å². The zero-order chi connectivity index (χ0) is 26.6. The molecule has 3 aromatic rings. The molecule has 202 valence electrons. The Morgan fingerprint density at radius 2 is 1.82 bits per heavy atom. The Kier molecular flexibility index (Phi) is 7.87. The van der Waals surface area contributed by atoms with Gasteiger partial charge in [0.25, 0.3) is 11.8 Å². The van der Waals surface area contributed by atoms with E-state index in [1.165, 1.54) is 31.6 Å². The lowest BCUT2D eigenvalue weighted by Crippen LogP contribution is -2.39. The van der Waals surface area contributed by atoms with Gasteiger partial charge in [0.1, 0.15) is 5.75 Å². The number of rotatable bonds is 10. The molecule has 38 heavy (non-hydrogen) atoms. The van der Waals surface area contributed by atoms with Crippen molar-refractivity contribution in [3.63, 3.8) is 0 Å². The fourth-order valence-corrected chi connectivity index (χ4v) is 5.05. The van der Waals surface area contributed by atoms with Crippen molar-refractivity contribution < 1.29 is 27.8 Å². The van der Waals surface area contributed by atoms with Gasteiger partial charge in [0, 0.05) is 45.0 Å². The zero-order valence-electron chi connectivity index (χ0n) is 21.4. The van der Waals surface area contributed by atoms with E-state index in [0.717, 1.165) is 18.4 Å². The summed E-state index contributed by atoms with van der Waals surface area (Å²) in [7, 11) is 1.51. The number of carbonyl (C=O) groups excluding carboxylic acids is 2. The Labute approximate surface area is 219 Å². The van der Waals surface area contributed by atoms with E-state index in [1.807, 2.05) is 17.0 Å². The van der Waals surface area contributed by atoms with Crippen LogP contribution in [0.25, 0.3) is 10.9 Å². The number of piperidine rings is 1. The predicted molar refractivity (Wildman–Crippen MR) is 138 cm³/mol. The monoisotopic (exact) mass is 526 g/mol. The molecule has 2 amide bonds. The lowest BCUT2D eigenvalue weighted by Gasteiger charge is -2.32.